The molecule has 2 aromatic rings. The summed E-state index contributed by atoms with van der Waals surface area (Å²) in [6, 6.07) is 14.8. The van der Waals surface area contributed by atoms with Crippen LogP contribution in [0.4, 0.5) is 5.69 Å². The summed E-state index contributed by atoms with van der Waals surface area (Å²) in [5.41, 5.74) is 7.73. The van der Waals surface area contributed by atoms with E-state index in [-0.39, 0.29) is 6.10 Å². The summed E-state index contributed by atoms with van der Waals surface area (Å²) in [4.78, 5) is 12.0. The van der Waals surface area contributed by atoms with Gasteiger partial charge in [-0.2, -0.15) is 0 Å². The van der Waals surface area contributed by atoms with E-state index in [0.717, 1.165) is 5.56 Å². The molecule has 0 bridgehead atoms. The smallest absolute Gasteiger partial charge is 0.341 e. The Morgan fingerprint density at radius 1 is 1.14 bits per heavy atom. The largest absolute Gasteiger partial charge is 0.483 e. The van der Waals surface area contributed by atoms with Crippen molar-refractivity contribution in [1.82, 2.24) is 0 Å². The number of carbonyl (C=O) groups excluding carboxylic acids is 1. The van der Waals surface area contributed by atoms with E-state index < -0.39 is 5.97 Å². The molecule has 0 heterocycles. The predicted octanol–water partition coefficient (Wildman–Crippen LogP) is 3.59. The molecule has 0 aliphatic heterocycles. The quantitative estimate of drug-likeness (QED) is 0.673. The fourth-order valence-corrected chi connectivity index (χ4v) is 2.02. The summed E-state index contributed by atoms with van der Waals surface area (Å²) in [6.45, 7) is 3.98. The normalized spacial score (nSPS) is 11.7. The molecule has 2 N–H and O–H groups in total. The molecule has 0 aliphatic carbocycles. The van der Waals surface area contributed by atoms with E-state index in [1.807, 2.05) is 37.3 Å². The average molecular weight is 285 g/mol. The summed E-state index contributed by atoms with van der Waals surface area (Å²) in [6.07, 6.45) is -0.218. The van der Waals surface area contributed by atoms with Gasteiger partial charge in [0, 0.05) is 0 Å². The van der Waals surface area contributed by atoms with E-state index in [4.69, 9.17) is 15.2 Å². The van der Waals surface area contributed by atoms with E-state index in [1.54, 1.807) is 25.1 Å². The van der Waals surface area contributed by atoms with Gasteiger partial charge in [0.2, 0.25) is 0 Å². The third-order valence-corrected chi connectivity index (χ3v) is 3.10. The number of benzene rings is 2. The van der Waals surface area contributed by atoms with Gasteiger partial charge in [0.1, 0.15) is 11.7 Å². The molecule has 110 valence electrons. The first-order valence-corrected chi connectivity index (χ1v) is 6.90. The van der Waals surface area contributed by atoms with E-state index in [1.165, 1.54) is 0 Å². The van der Waals surface area contributed by atoms with E-state index >= 15 is 0 Å². The number of para-hydroxylation sites is 1. The molecule has 0 aromatic heterocycles. The van der Waals surface area contributed by atoms with Crippen molar-refractivity contribution in [2.24, 2.45) is 0 Å². The maximum Gasteiger partial charge on any atom is 0.341 e. The average Bonchev–Trinajstić information content (AvgIpc) is 2.50. The Kier molecular flexibility index (Phi) is 4.82. The van der Waals surface area contributed by atoms with Gasteiger partial charge in [-0.15, -0.1) is 0 Å². The SMILES string of the molecule is CCOC(=O)c1cccc(N)c1OC(C)c1ccccc1. The molecule has 4 nitrogen and oxygen atoms in total. The van der Waals surface area contributed by atoms with Gasteiger partial charge in [-0.3, -0.25) is 0 Å². The maximum atomic E-state index is 12.0. The van der Waals surface area contributed by atoms with Gasteiger partial charge in [0.15, 0.2) is 5.75 Å². The zero-order chi connectivity index (χ0) is 15.2. The van der Waals surface area contributed by atoms with Crippen LogP contribution in [0.25, 0.3) is 0 Å². The lowest BCUT2D eigenvalue weighted by molar-refractivity contribution is 0.0519. The lowest BCUT2D eigenvalue weighted by Crippen LogP contribution is -2.11. The zero-order valence-electron chi connectivity index (χ0n) is 12.2. The molecular formula is C17H19NO3. The minimum Gasteiger partial charge on any atom is -0.483 e. The Hall–Kier alpha value is -2.49. The highest BCUT2D eigenvalue weighted by atomic mass is 16.5. The monoisotopic (exact) mass is 285 g/mol. The predicted molar refractivity (Wildman–Crippen MR) is 82.3 cm³/mol. The lowest BCUT2D eigenvalue weighted by Gasteiger charge is -2.18. The van der Waals surface area contributed by atoms with Crippen LogP contribution in [0.2, 0.25) is 0 Å². The van der Waals surface area contributed by atoms with E-state index in [0.29, 0.717) is 23.6 Å². The Morgan fingerprint density at radius 2 is 1.86 bits per heavy atom. The molecule has 0 saturated carbocycles. The van der Waals surface area contributed by atoms with Crippen molar-refractivity contribution in [2.45, 2.75) is 20.0 Å². The number of esters is 1. The molecule has 4 heteroatoms. The van der Waals surface area contributed by atoms with E-state index in [9.17, 15) is 4.79 Å². The number of hydrogen-bond donors (Lipinski definition) is 1. The molecule has 0 radical (unpaired) electrons. The fraction of sp³-hybridized carbons (Fsp3) is 0.235. The van der Waals surface area contributed by atoms with Gasteiger partial charge in [-0.25, -0.2) is 4.79 Å². The van der Waals surface area contributed by atoms with Crippen LogP contribution in [-0.4, -0.2) is 12.6 Å². The van der Waals surface area contributed by atoms with Crippen LogP contribution in [0.3, 0.4) is 0 Å². The number of nitrogens with two attached hydrogens (primary N) is 1. The number of rotatable bonds is 5. The fourth-order valence-electron chi connectivity index (χ4n) is 2.02. The minimum absolute atomic E-state index is 0.218. The third kappa shape index (κ3) is 3.54. The molecule has 0 fully saturated rings. The Labute approximate surface area is 124 Å². The highest BCUT2D eigenvalue weighted by Gasteiger charge is 2.18. The maximum absolute atomic E-state index is 12.0. The number of carbonyl (C=O) groups is 1. The third-order valence-electron chi connectivity index (χ3n) is 3.10. The molecule has 0 spiro atoms. The van der Waals surface area contributed by atoms with Gasteiger partial charge < -0.3 is 15.2 Å². The molecular weight excluding hydrogens is 266 g/mol. The molecule has 1 atom stereocenters. The Bertz CT molecular complexity index is 611. The first-order valence-electron chi connectivity index (χ1n) is 6.90. The first-order chi connectivity index (χ1) is 10.1. The molecule has 21 heavy (non-hydrogen) atoms. The van der Waals surface area contributed by atoms with Crippen LogP contribution in [0.1, 0.15) is 35.9 Å². The van der Waals surface area contributed by atoms with Crippen LogP contribution >= 0.6 is 0 Å². The Balaban J connectivity index is 2.29. The van der Waals surface area contributed by atoms with Crippen molar-refractivity contribution in [2.75, 3.05) is 12.3 Å². The Morgan fingerprint density at radius 3 is 2.52 bits per heavy atom. The van der Waals surface area contributed by atoms with Crippen molar-refractivity contribution >= 4 is 11.7 Å². The molecule has 1 unspecified atom stereocenters. The second kappa shape index (κ2) is 6.79. The number of hydrogen-bond acceptors (Lipinski definition) is 4. The molecule has 0 amide bonds. The number of ether oxygens (including phenoxy) is 2. The van der Waals surface area contributed by atoms with Crippen molar-refractivity contribution in [3.63, 3.8) is 0 Å². The van der Waals surface area contributed by atoms with Gasteiger partial charge in [0.05, 0.1) is 12.3 Å². The zero-order valence-corrected chi connectivity index (χ0v) is 12.2. The van der Waals surface area contributed by atoms with Gasteiger partial charge >= 0.3 is 5.97 Å². The molecule has 0 aliphatic rings. The summed E-state index contributed by atoms with van der Waals surface area (Å²) in [5, 5.41) is 0. The van der Waals surface area contributed by atoms with E-state index in [2.05, 4.69) is 0 Å². The van der Waals surface area contributed by atoms with Crippen LogP contribution in [0, 0.1) is 0 Å². The second-order valence-electron chi connectivity index (χ2n) is 4.62. The standard InChI is InChI=1S/C17H19NO3/c1-3-20-17(19)14-10-7-11-15(18)16(14)21-12(2)13-8-5-4-6-9-13/h4-12H,3,18H2,1-2H3. The van der Waals surface area contributed by atoms with Crippen molar-refractivity contribution in [3.05, 3.63) is 59.7 Å². The molecule has 2 rings (SSSR count). The van der Waals surface area contributed by atoms with Crippen LogP contribution in [0.5, 0.6) is 5.75 Å². The number of anilines is 1. The summed E-state index contributed by atoms with van der Waals surface area (Å²) >= 11 is 0. The minimum atomic E-state index is -0.430. The van der Waals surface area contributed by atoms with Crippen molar-refractivity contribution in [1.29, 1.82) is 0 Å². The van der Waals surface area contributed by atoms with Crippen molar-refractivity contribution < 1.29 is 14.3 Å². The second-order valence-corrected chi connectivity index (χ2v) is 4.62. The summed E-state index contributed by atoms with van der Waals surface area (Å²) in [7, 11) is 0. The molecule has 0 saturated heterocycles. The van der Waals surface area contributed by atoms with Gasteiger partial charge in [0.25, 0.3) is 0 Å². The van der Waals surface area contributed by atoms with Crippen LogP contribution < -0.4 is 10.5 Å². The highest BCUT2D eigenvalue weighted by molar-refractivity contribution is 5.94. The summed E-state index contributed by atoms with van der Waals surface area (Å²) in [5.74, 6) is -0.0626. The first kappa shape index (κ1) is 14.9. The van der Waals surface area contributed by atoms with Crippen LogP contribution in [0.15, 0.2) is 48.5 Å². The molecule has 2 aromatic carbocycles. The van der Waals surface area contributed by atoms with Gasteiger partial charge in [-0.1, -0.05) is 36.4 Å². The van der Waals surface area contributed by atoms with Gasteiger partial charge in [-0.05, 0) is 31.5 Å². The lowest BCUT2D eigenvalue weighted by atomic mass is 10.1. The van der Waals surface area contributed by atoms with Crippen molar-refractivity contribution in [3.8, 4) is 5.75 Å². The number of nitrogen functional groups attached to an aromatic ring is 1. The summed E-state index contributed by atoms with van der Waals surface area (Å²) < 4.78 is 10.9. The topological polar surface area (TPSA) is 61.5 Å². The highest BCUT2D eigenvalue weighted by Crippen LogP contribution is 2.31. The van der Waals surface area contributed by atoms with Crippen LogP contribution in [-0.2, 0) is 4.74 Å².